The number of hydrogen-bond donors (Lipinski definition) is 1. The fourth-order valence-electron chi connectivity index (χ4n) is 1.55. The molecule has 0 unspecified atom stereocenters. The van der Waals surface area contributed by atoms with E-state index < -0.39 is 25.7 Å². The van der Waals surface area contributed by atoms with Crippen LogP contribution >= 0.6 is 0 Å². The maximum absolute atomic E-state index is 13.7. The van der Waals surface area contributed by atoms with E-state index in [1.807, 2.05) is 0 Å². The number of ether oxygens (including phenoxy) is 1. The second kappa shape index (κ2) is 6.16. The molecule has 10 heteroatoms. The summed E-state index contributed by atoms with van der Waals surface area (Å²) in [6.45, 7) is -0.241. The molecule has 0 heterocycles. The number of methoxy groups -OCH3 is 1. The third-order valence-corrected chi connectivity index (χ3v) is 5.49. The third kappa shape index (κ3) is 4.29. The number of nitrogen functional groups attached to an aromatic ring is 1. The standard InChI is InChI=1S/C11H17FN2O5S2/c1-14(4-5-20(3,15)16)21(17,18)8-6-9(12)11(19-2)10(13)7-8/h6-7H,4-5,13H2,1-3H3. The van der Waals surface area contributed by atoms with Gasteiger partial charge >= 0.3 is 0 Å². The topological polar surface area (TPSA) is 107 Å². The molecule has 0 spiro atoms. The lowest BCUT2D eigenvalue weighted by atomic mass is 10.3. The molecule has 0 aliphatic heterocycles. The summed E-state index contributed by atoms with van der Waals surface area (Å²) in [4.78, 5) is -0.366. The SMILES string of the molecule is COc1c(N)cc(S(=O)(=O)N(C)CCS(C)(=O)=O)cc1F. The maximum Gasteiger partial charge on any atom is 0.243 e. The van der Waals surface area contributed by atoms with Crippen LogP contribution in [-0.4, -0.2) is 53.9 Å². The van der Waals surface area contributed by atoms with Crippen molar-refractivity contribution in [2.24, 2.45) is 0 Å². The number of benzene rings is 1. The Morgan fingerprint density at radius 1 is 1.29 bits per heavy atom. The summed E-state index contributed by atoms with van der Waals surface area (Å²) in [5, 5.41) is 0. The molecule has 0 atom stereocenters. The van der Waals surface area contributed by atoms with Crippen LogP contribution in [0.1, 0.15) is 0 Å². The van der Waals surface area contributed by atoms with Crippen LogP contribution in [0, 0.1) is 5.82 Å². The van der Waals surface area contributed by atoms with Crippen LogP contribution in [-0.2, 0) is 19.9 Å². The lowest BCUT2D eigenvalue weighted by Crippen LogP contribution is -2.31. The van der Waals surface area contributed by atoms with E-state index in [0.29, 0.717) is 0 Å². The number of sulfonamides is 1. The molecule has 0 fully saturated rings. The number of rotatable bonds is 6. The van der Waals surface area contributed by atoms with Crippen LogP contribution in [0.2, 0.25) is 0 Å². The first-order chi connectivity index (χ1) is 9.49. The number of nitrogens with two attached hydrogens (primary N) is 1. The van der Waals surface area contributed by atoms with E-state index in [2.05, 4.69) is 0 Å². The molecular weight excluding hydrogens is 323 g/mol. The number of anilines is 1. The van der Waals surface area contributed by atoms with Gasteiger partial charge in [0.15, 0.2) is 11.6 Å². The molecule has 0 aliphatic rings. The minimum atomic E-state index is -4.04. The van der Waals surface area contributed by atoms with Gasteiger partial charge in [-0.05, 0) is 12.1 Å². The molecule has 1 aromatic rings. The van der Waals surface area contributed by atoms with Crippen molar-refractivity contribution in [2.75, 3.05) is 38.4 Å². The second-order valence-electron chi connectivity index (χ2n) is 4.48. The van der Waals surface area contributed by atoms with Crippen molar-refractivity contribution in [1.82, 2.24) is 4.31 Å². The highest BCUT2D eigenvalue weighted by atomic mass is 32.2. The number of hydrogen-bond acceptors (Lipinski definition) is 6. The van der Waals surface area contributed by atoms with Crippen LogP contribution in [0.15, 0.2) is 17.0 Å². The van der Waals surface area contributed by atoms with E-state index in [1.54, 1.807) is 0 Å². The lowest BCUT2D eigenvalue weighted by Gasteiger charge is -2.17. The van der Waals surface area contributed by atoms with E-state index in [4.69, 9.17) is 10.5 Å². The van der Waals surface area contributed by atoms with Gasteiger partial charge in [0.1, 0.15) is 9.84 Å². The first kappa shape index (κ1) is 17.7. The Labute approximate surface area is 123 Å². The Kier molecular flexibility index (Phi) is 5.18. The monoisotopic (exact) mass is 340 g/mol. The predicted octanol–water partition coefficient (Wildman–Crippen LogP) is 0.0816. The van der Waals surface area contributed by atoms with Gasteiger partial charge in [-0.2, -0.15) is 4.31 Å². The molecule has 0 saturated carbocycles. The Morgan fingerprint density at radius 2 is 1.86 bits per heavy atom. The molecule has 2 N–H and O–H groups in total. The Balaban J connectivity index is 3.14. The summed E-state index contributed by atoms with van der Waals surface area (Å²) in [6, 6.07) is 1.84. The van der Waals surface area contributed by atoms with Crippen LogP contribution < -0.4 is 10.5 Å². The van der Waals surface area contributed by atoms with Crippen molar-refractivity contribution >= 4 is 25.5 Å². The van der Waals surface area contributed by atoms with Crippen molar-refractivity contribution < 1.29 is 26.0 Å². The zero-order chi connectivity index (χ0) is 16.4. The number of halogens is 1. The van der Waals surface area contributed by atoms with Gasteiger partial charge in [0.05, 0.1) is 23.4 Å². The van der Waals surface area contributed by atoms with Crippen molar-refractivity contribution in [2.45, 2.75) is 4.90 Å². The lowest BCUT2D eigenvalue weighted by molar-refractivity contribution is 0.387. The van der Waals surface area contributed by atoms with Crippen molar-refractivity contribution in [3.63, 3.8) is 0 Å². The van der Waals surface area contributed by atoms with Gasteiger partial charge in [0, 0.05) is 19.8 Å². The molecule has 0 aliphatic carbocycles. The van der Waals surface area contributed by atoms with E-state index in [1.165, 1.54) is 14.2 Å². The Bertz CT molecular complexity index is 708. The fourth-order valence-corrected chi connectivity index (χ4v) is 3.49. The quantitative estimate of drug-likeness (QED) is 0.735. The zero-order valence-electron chi connectivity index (χ0n) is 11.8. The normalized spacial score (nSPS) is 12.6. The molecule has 1 rings (SSSR count). The van der Waals surface area contributed by atoms with E-state index in [0.717, 1.165) is 22.7 Å². The first-order valence-electron chi connectivity index (χ1n) is 5.76. The van der Waals surface area contributed by atoms with E-state index in [-0.39, 0.29) is 28.6 Å². The van der Waals surface area contributed by atoms with Crippen molar-refractivity contribution in [1.29, 1.82) is 0 Å². The van der Waals surface area contributed by atoms with Gasteiger partial charge in [0.2, 0.25) is 10.0 Å². The number of sulfone groups is 1. The molecule has 0 radical (unpaired) electrons. The van der Waals surface area contributed by atoms with Crippen LogP contribution in [0.25, 0.3) is 0 Å². The van der Waals surface area contributed by atoms with Crippen molar-refractivity contribution in [3.8, 4) is 5.75 Å². The Morgan fingerprint density at radius 3 is 2.29 bits per heavy atom. The predicted molar refractivity (Wildman–Crippen MR) is 76.9 cm³/mol. The molecule has 120 valence electrons. The first-order valence-corrected chi connectivity index (χ1v) is 9.26. The summed E-state index contributed by atoms with van der Waals surface area (Å²) in [5.74, 6) is -1.49. The number of nitrogens with zero attached hydrogens (tertiary/aromatic N) is 1. The van der Waals surface area contributed by atoms with Gasteiger partial charge < -0.3 is 10.5 Å². The maximum atomic E-state index is 13.7. The van der Waals surface area contributed by atoms with E-state index >= 15 is 0 Å². The van der Waals surface area contributed by atoms with E-state index in [9.17, 15) is 21.2 Å². The third-order valence-electron chi connectivity index (χ3n) is 2.74. The summed E-state index contributed by atoms with van der Waals surface area (Å²) in [7, 11) is -4.93. The molecule has 21 heavy (non-hydrogen) atoms. The van der Waals surface area contributed by atoms with Crippen LogP contribution in [0.3, 0.4) is 0 Å². The zero-order valence-corrected chi connectivity index (χ0v) is 13.5. The molecule has 7 nitrogen and oxygen atoms in total. The summed E-state index contributed by atoms with van der Waals surface area (Å²) in [6.07, 6.45) is 0.999. The van der Waals surface area contributed by atoms with Crippen molar-refractivity contribution in [3.05, 3.63) is 17.9 Å². The second-order valence-corrected chi connectivity index (χ2v) is 8.79. The molecule has 1 aromatic carbocycles. The van der Waals surface area contributed by atoms with Gasteiger partial charge in [0.25, 0.3) is 0 Å². The molecule has 0 saturated heterocycles. The molecular formula is C11H17FN2O5S2. The highest BCUT2D eigenvalue weighted by molar-refractivity contribution is 7.91. The molecule has 0 amide bonds. The van der Waals surface area contributed by atoms with Gasteiger partial charge in [-0.1, -0.05) is 0 Å². The highest BCUT2D eigenvalue weighted by Crippen LogP contribution is 2.29. The minimum Gasteiger partial charge on any atom is -0.492 e. The van der Waals surface area contributed by atoms with Gasteiger partial charge in [-0.15, -0.1) is 0 Å². The Hall–Kier alpha value is -1.39. The summed E-state index contributed by atoms with van der Waals surface area (Å²) >= 11 is 0. The fraction of sp³-hybridized carbons (Fsp3) is 0.455. The highest BCUT2D eigenvalue weighted by Gasteiger charge is 2.24. The molecule has 0 bridgehead atoms. The minimum absolute atomic E-state index is 0.160. The van der Waals surface area contributed by atoms with Gasteiger partial charge in [-0.25, -0.2) is 21.2 Å². The van der Waals surface area contributed by atoms with Crippen LogP contribution in [0.4, 0.5) is 10.1 Å². The van der Waals surface area contributed by atoms with Gasteiger partial charge in [-0.3, -0.25) is 0 Å². The average molecular weight is 340 g/mol. The smallest absolute Gasteiger partial charge is 0.243 e. The summed E-state index contributed by atoms with van der Waals surface area (Å²) in [5.41, 5.74) is 5.37. The van der Waals surface area contributed by atoms with Crippen LogP contribution in [0.5, 0.6) is 5.75 Å². The largest absolute Gasteiger partial charge is 0.492 e. The average Bonchev–Trinajstić information content (AvgIpc) is 2.34. The molecule has 0 aromatic heterocycles. The summed E-state index contributed by atoms with van der Waals surface area (Å²) < 4.78 is 65.8.